The number of ether oxygens (including phenoxy) is 1. The average Bonchev–Trinajstić information content (AvgIpc) is 3.11. The third kappa shape index (κ3) is 4.12. The predicted molar refractivity (Wildman–Crippen MR) is 111 cm³/mol. The highest BCUT2D eigenvalue weighted by Gasteiger charge is 2.42. The molecule has 2 aromatic carbocycles. The Kier molecular flexibility index (Phi) is 5.81. The number of methoxy groups -OCH3 is 1. The van der Waals surface area contributed by atoms with Gasteiger partial charge in [0.2, 0.25) is 0 Å². The second-order valence-electron chi connectivity index (χ2n) is 7.67. The molecule has 2 fully saturated rings. The lowest BCUT2D eigenvalue weighted by atomic mass is 10.00. The molecule has 0 aromatic heterocycles. The molecular weight excluding hydrogens is 366 g/mol. The molecule has 6 heteroatoms. The molecule has 1 atom stereocenters. The van der Waals surface area contributed by atoms with Crippen molar-refractivity contribution in [2.75, 3.05) is 26.7 Å². The number of hydrogen-bond acceptors (Lipinski definition) is 4. The quantitative estimate of drug-likeness (QED) is 0.793. The van der Waals surface area contributed by atoms with Gasteiger partial charge >= 0.3 is 12.0 Å². The van der Waals surface area contributed by atoms with Crippen LogP contribution >= 0.6 is 0 Å². The van der Waals surface area contributed by atoms with Gasteiger partial charge in [0.15, 0.2) is 0 Å². The monoisotopic (exact) mass is 393 g/mol. The van der Waals surface area contributed by atoms with Gasteiger partial charge in [-0.1, -0.05) is 42.5 Å². The first-order valence-corrected chi connectivity index (χ1v) is 10.2. The summed E-state index contributed by atoms with van der Waals surface area (Å²) < 4.78 is 4.76. The van der Waals surface area contributed by atoms with E-state index < -0.39 is 0 Å². The number of urea groups is 1. The van der Waals surface area contributed by atoms with E-state index in [4.69, 9.17) is 4.74 Å². The predicted octanol–water partition coefficient (Wildman–Crippen LogP) is 3.20. The number of carbonyl (C=O) groups excluding carboxylic acids is 2. The fraction of sp³-hybridized carbons (Fsp3) is 0.391. The Hall–Kier alpha value is -2.86. The Morgan fingerprint density at radius 2 is 1.76 bits per heavy atom. The first-order chi connectivity index (χ1) is 14.2. The van der Waals surface area contributed by atoms with Gasteiger partial charge in [0, 0.05) is 19.1 Å². The Balaban J connectivity index is 1.54. The van der Waals surface area contributed by atoms with E-state index in [2.05, 4.69) is 22.3 Å². The van der Waals surface area contributed by atoms with Gasteiger partial charge in [0.25, 0.3) is 0 Å². The van der Waals surface area contributed by atoms with Crippen molar-refractivity contribution in [3.8, 4) is 0 Å². The van der Waals surface area contributed by atoms with Crippen LogP contribution in [0, 0.1) is 0 Å². The number of rotatable bonds is 5. The highest BCUT2D eigenvalue weighted by Crippen LogP contribution is 2.34. The van der Waals surface area contributed by atoms with E-state index in [1.165, 1.54) is 12.7 Å². The molecule has 0 radical (unpaired) electrons. The van der Waals surface area contributed by atoms with Gasteiger partial charge in [-0.3, -0.25) is 0 Å². The van der Waals surface area contributed by atoms with Crippen molar-refractivity contribution in [3.05, 3.63) is 71.3 Å². The lowest BCUT2D eigenvalue weighted by molar-refractivity contribution is 0.0600. The maximum absolute atomic E-state index is 13.4. The fourth-order valence-corrected chi connectivity index (χ4v) is 4.32. The van der Waals surface area contributed by atoms with Crippen molar-refractivity contribution in [1.82, 2.24) is 15.1 Å². The average molecular weight is 393 g/mol. The molecular formula is C23H27N3O3. The van der Waals surface area contributed by atoms with Gasteiger partial charge in [-0.2, -0.15) is 0 Å². The van der Waals surface area contributed by atoms with Gasteiger partial charge in [-0.25, -0.2) is 9.59 Å². The zero-order valence-corrected chi connectivity index (χ0v) is 16.7. The van der Waals surface area contributed by atoms with Crippen molar-refractivity contribution in [2.24, 2.45) is 0 Å². The van der Waals surface area contributed by atoms with Crippen LogP contribution in [0.15, 0.2) is 54.6 Å². The summed E-state index contributed by atoms with van der Waals surface area (Å²) in [5.41, 5.74) is 2.70. The van der Waals surface area contributed by atoms with E-state index in [9.17, 15) is 9.59 Å². The Morgan fingerprint density at radius 1 is 1.07 bits per heavy atom. The van der Waals surface area contributed by atoms with Crippen LogP contribution in [0.3, 0.4) is 0 Å². The Morgan fingerprint density at radius 3 is 2.41 bits per heavy atom. The minimum atomic E-state index is -0.352. The summed E-state index contributed by atoms with van der Waals surface area (Å²) in [5, 5.41) is 3.39. The summed E-state index contributed by atoms with van der Waals surface area (Å²) in [6, 6.07) is 18.0. The van der Waals surface area contributed by atoms with E-state index >= 15 is 0 Å². The normalized spacial score (nSPS) is 20.2. The second-order valence-corrected chi connectivity index (χ2v) is 7.67. The molecule has 0 saturated carbocycles. The third-order valence-electron chi connectivity index (χ3n) is 5.86. The summed E-state index contributed by atoms with van der Waals surface area (Å²) in [6.07, 6.45) is 1.97. The second kappa shape index (κ2) is 8.66. The highest BCUT2D eigenvalue weighted by atomic mass is 16.5. The van der Waals surface area contributed by atoms with Crippen LogP contribution in [-0.2, 0) is 11.3 Å². The maximum Gasteiger partial charge on any atom is 0.337 e. The summed E-state index contributed by atoms with van der Waals surface area (Å²) in [7, 11) is 1.37. The van der Waals surface area contributed by atoms with Crippen molar-refractivity contribution in [3.63, 3.8) is 0 Å². The summed E-state index contributed by atoms with van der Waals surface area (Å²) in [6.45, 7) is 3.10. The van der Waals surface area contributed by atoms with Gasteiger partial charge in [0.05, 0.1) is 18.7 Å². The number of amides is 2. The smallest absolute Gasteiger partial charge is 0.337 e. The molecule has 2 amide bonds. The Bertz CT molecular complexity index is 847. The van der Waals surface area contributed by atoms with Gasteiger partial charge in [-0.05, 0) is 49.2 Å². The van der Waals surface area contributed by atoms with Gasteiger partial charge < -0.3 is 19.9 Å². The SMILES string of the molecule is COC(=O)c1ccc(CN2C[C@@H](c3ccccc3)N(C3CCNCC3)C2=O)cc1. The largest absolute Gasteiger partial charge is 0.465 e. The zero-order chi connectivity index (χ0) is 20.2. The highest BCUT2D eigenvalue weighted by molar-refractivity contribution is 5.89. The van der Waals surface area contributed by atoms with Crippen LogP contribution in [0.2, 0.25) is 0 Å². The van der Waals surface area contributed by atoms with Crippen LogP contribution in [0.5, 0.6) is 0 Å². The molecule has 0 aliphatic carbocycles. The van der Waals surface area contributed by atoms with Crippen LogP contribution in [0.25, 0.3) is 0 Å². The number of piperidine rings is 1. The molecule has 2 aliphatic rings. The fourth-order valence-electron chi connectivity index (χ4n) is 4.32. The molecule has 152 valence electrons. The molecule has 2 aromatic rings. The van der Waals surface area contributed by atoms with Crippen molar-refractivity contribution in [1.29, 1.82) is 0 Å². The van der Waals surface area contributed by atoms with Crippen molar-refractivity contribution >= 4 is 12.0 Å². The molecule has 6 nitrogen and oxygen atoms in total. The molecule has 4 rings (SSSR count). The standard InChI is InChI=1S/C23H27N3O3/c1-29-22(27)19-9-7-17(8-10-19)15-25-16-21(18-5-3-2-4-6-18)26(23(25)28)20-11-13-24-14-12-20/h2-10,20-21,24H,11-16H2,1H3/t21-/m0/s1. The molecule has 1 N–H and O–H groups in total. The first-order valence-electron chi connectivity index (χ1n) is 10.2. The molecule has 0 unspecified atom stereocenters. The number of esters is 1. The van der Waals surface area contributed by atoms with Gasteiger partial charge in [-0.15, -0.1) is 0 Å². The van der Waals surface area contributed by atoms with Crippen molar-refractivity contribution in [2.45, 2.75) is 31.5 Å². The maximum atomic E-state index is 13.4. The van der Waals surface area contributed by atoms with Gasteiger partial charge in [0.1, 0.15) is 0 Å². The van der Waals surface area contributed by atoms with E-state index in [0.717, 1.165) is 31.5 Å². The van der Waals surface area contributed by atoms with E-state index in [0.29, 0.717) is 18.7 Å². The number of benzene rings is 2. The molecule has 0 spiro atoms. The Labute approximate surface area is 171 Å². The molecule has 2 heterocycles. The molecule has 2 aliphatic heterocycles. The topological polar surface area (TPSA) is 61.9 Å². The first kappa shape index (κ1) is 19.5. The van der Waals surface area contributed by atoms with E-state index in [1.54, 1.807) is 12.1 Å². The lowest BCUT2D eigenvalue weighted by Gasteiger charge is -2.35. The van der Waals surface area contributed by atoms with Crippen LogP contribution in [0.4, 0.5) is 4.79 Å². The van der Waals surface area contributed by atoms with Crippen LogP contribution in [-0.4, -0.2) is 54.6 Å². The van der Waals surface area contributed by atoms with Crippen LogP contribution < -0.4 is 5.32 Å². The summed E-state index contributed by atoms with van der Waals surface area (Å²) >= 11 is 0. The molecule has 29 heavy (non-hydrogen) atoms. The van der Waals surface area contributed by atoms with Crippen molar-refractivity contribution < 1.29 is 14.3 Å². The lowest BCUT2D eigenvalue weighted by Crippen LogP contribution is -2.45. The zero-order valence-electron chi connectivity index (χ0n) is 16.7. The number of nitrogens with one attached hydrogen (secondary N) is 1. The van der Waals surface area contributed by atoms with E-state index in [-0.39, 0.29) is 24.1 Å². The summed E-state index contributed by atoms with van der Waals surface area (Å²) in [5.74, 6) is -0.352. The number of nitrogens with zero attached hydrogens (tertiary/aromatic N) is 2. The molecule has 0 bridgehead atoms. The minimum absolute atomic E-state index is 0.0705. The third-order valence-corrected chi connectivity index (χ3v) is 5.86. The number of carbonyl (C=O) groups is 2. The summed E-state index contributed by atoms with van der Waals surface area (Å²) in [4.78, 5) is 29.0. The minimum Gasteiger partial charge on any atom is -0.465 e. The van der Waals surface area contributed by atoms with E-state index in [1.807, 2.05) is 35.2 Å². The number of hydrogen-bond donors (Lipinski definition) is 1. The molecule has 2 saturated heterocycles. The van der Waals surface area contributed by atoms with Crippen LogP contribution in [0.1, 0.15) is 40.4 Å².